The summed E-state index contributed by atoms with van der Waals surface area (Å²) in [5.74, 6) is -2.79. The second-order valence-corrected chi connectivity index (χ2v) is 2.69. The number of nitrogens with zero attached hydrogens (tertiary/aromatic N) is 2. The van der Waals surface area contributed by atoms with Gasteiger partial charge in [-0.25, -0.2) is 4.98 Å². The van der Waals surface area contributed by atoms with Gasteiger partial charge in [-0.15, -0.1) is 0 Å². The molecule has 2 heterocycles. The Morgan fingerprint density at radius 1 is 1.36 bits per heavy atom. The molecule has 0 atom stereocenters. The van der Waals surface area contributed by atoms with Gasteiger partial charge in [0, 0.05) is 6.20 Å². The van der Waals surface area contributed by atoms with Gasteiger partial charge < -0.3 is 9.90 Å². The Balaban J connectivity index is 2.64. The molecule has 0 fully saturated rings. The average Bonchev–Trinajstić information content (AvgIpc) is 2.60. The van der Waals surface area contributed by atoms with Gasteiger partial charge in [-0.05, 0) is 12.1 Å². The van der Waals surface area contributed by atoms with Crippen molar-refractivity contribution in [3.05, 3.63) is 36.3 Å². The zero-order valence-corrected chi connectivity index (χ0v) is 7.01. The molecule has 0 aliphatic carbocycles. The van der Waals surface area contributed by atoms with E-state index in [-0.39, 0.29) is 5.69 Å². The lowest BCUT2D eigenvalue weighted by atomic mass is 10.3. The summed E-state index contributed by atoms with van der Waals surface area (Å²) in [6, 6.07) is 5.10. The maximum atomic E-state index is 11.1. The highest BCUT2D eigenvalue weighted by Gasteiger charge is 2.11. The van der Waals surface area contributed by atoms with Crippen LogP contribution in [0, 0.1) is 0 Å². The Hall–Kier alpha value is -2.17. The zero-order chi connectivity index (χ0) is 10.1. The Morgan fingerprint density at radius 3 is 2.86 bits per heavy atom. The lowest BCUT2D eigenvalue weighted by Gasteiger charge is -2.00. The zero-order valence-electron chi connectivity index (χ0n) is 7.01. The fraction of sp³-hybridized carbons (Fsp3) is 0. The number of carboxylic acids is 1. The van der Waals surface area contributed by atoms with E-state index in [0.29, 0.717) is 5.65 Å². The second kappa shape index (κ2) is 2.95. The molecule has 0 aromatic carbocycles. The Labute approximate surface area is 78.6 Å². The van der Waals surface area contributed by atoms with Crippen LogP contribution in [0.4, 0.5) is 0 Å². The van der Waals surface area contributed by atoms with Crippen molar-refractivity contribution in [3.8, 4) is 0 Å². The molecule has 5 nitrogen and oxygen atoms in total. The minimum atomic E-state index is -1.73. The third-order valence-electron chi connectivity index (χ3n) is 1.84. The molecular formula is C9H5N2O3-. The van der Waals surface area contributed by atoms with Crippen molar-refractivity contribution in [1.29, 1.82) is 0 Å². The van der Waals surface area contributed by atoms with Crippen LogP contribution >= 0.6 is 0 Å². The molecule has 14 heavy (non-hydrogen) atoms. The van der Waals surface area contributed by atoms with E-state index in [9.17, 15) is 14.7 Å². The van der Waals surface area contributed by atoms with Gasteiger partial charge in [0.25, 0.3) is 0 Å². The van der Waals surface area contributed by atoms with Gasteiger partial charge >= 0.3 is 0 Å². The largest absolute Gasteiger partial charge is 0.541 e. The Kier molecular flexibility index (Phi) is 1.78. The van der Waals surface area contributed by atoms with E-state index in [2.05, 4.69) is 4.98 Å². The molecule has 0 saturated heterocycles. The van der Waals surface area contributed by atoms with Crippen LogP contribution in [-0.4, -0.2) is 21.1 Å². The molecule has 2 aromatic rings. The SMILES string of the molecule is O=C([O-])C(=O)c1cnc2ccccn12. The van der Waals surface area contributed by atoms with Crippen LogP contribution in [0.15, 0.2) is 30.6 Å². The van der Waals surface area contributed by atoms with Gasteiger partial charge in [-0.1, -0.05) is 6.07 Å². The van der Waals surface area contributed by atoms with Crippen molar-refractivity contribution in [2.24, 2.45) is 0 Å². The van der Waals surface area contributed by atoms with Crippen LogP contribution in [-0.2, 0) is 4.79 Å². The van der Waals surface area contributed by atoms with Gasteiger partial charge in [0.15, 0.2) is 0 Å². The number of carboxylic acid groups (broad SMARTS) is 1. The van der Waals surface area contributed by atoms with E-state index < -0.39 is 11.8 Å². The smallest absolute Gasteiger partial charge is 0.226 e. The third kappa shape index (κ3) is 1.15. The maximum Gasteiger partial charge on any atom is 0.226 e. The van der Waals surface area contributed by atoms with Gasteiger partial charge in [-0.2, -0.15) is 0 Å². The highest BCUT2D eigenvalue weighted by atomic mass is 16.4. The van der Waals surface area contributed by atoms with E-state index in [1.807, 2.05) is 0 Å². The number of fused-ring (bicyclic) bond motifs is 1. The highest BCUT2D eigenvalue weighted by molar-refractivity contribution is 6.38. The molecular weight excluding hydrogens is 184 g/mol. The Morgan fingerprint density at radius 2 is 2.14 bits per heavy atom. The molecule has 5 heteroatoms. The number of imidazole rings is 1. The molecule has 0 N–H and O–H groups in total. The fourth-order valence-corrected chi connectivity index (χ4v) is 1.21. The quantitative estimate of drug-likeness (QED) is 0.461. The summed E-state index contributed by atoms with van der Waals surface area (Å²) in [5.41, 5.74) is 0.526. The standard InChI is InChI=1S/C9H6N2O3/c12-8(9(13)14)6-5-10-7-3-1-2-4-11(6)7/h1-5H,(H,13,14)/p-1. The highest BCUT2D eigenvalue weighted by Crippen LogP contribution is 2.06. The van der Waals surface area contributed by atoms with Crippen molar-refractivity contribution in [2.45, 2.75) is 0 Å². The van der Waals surface area contributed by atoms with E-state index >= 15 is 0 Å². The molecule has 70 valence electrons. The number of hydrogen-bond acceptors (Lipinski definition) is 4. The summed E-state index contributed by atoms with van der Waals surface area (Å²) >= 11 is 0. The summed E-state index contributed by atoms with van der Waals surface area (Å²) in [4.78, 5) is 25.3. The number of rotatable bonds is 2. The van der Waals surface area contributed by atoms with Crippen LogP contribution in [0.1, 0.15) is 10.5 Å². The number of Topliss-reactive ketones (excluding diaryl/α,β-unsaturated/α-hetero) is 1. The molecule has 0 aliphatic heterocycles. The maximum absolute atomic E-state index is 11.1. The van der Waals surface area contributed by atoms with Crippen molar-refractivity contribution in [1.82, 2.24) is 9.38 Å². The lowest BCUT2D eigenvalue weighted by Crippen LogP contribution is -2.32. The number of carbonyl (C=O) groups excluding carboxylic acids is 2. The summed E-state index contributed by atoms with van der Waals surface area (Å²) in [6.07, 6.45) is 2.78. The van der Waals surface area contributed by atoms with E-state index in [1.54, 1.807) is 24.4 Å². The summed E-state index contributed by atoms with van der Waals surface area (Å²) in [7, 11) is 0. The van der Waals surface area contributed by atoms with Crippen molar-refractivity contribution in [3.63, 3.8) is 0 Å². The number of hydrogen-bond donors (Lipinski definition) is 0. The van der Waals surface area contributed by atoms with Crippen LogP contribution < -0.4 is 5.11 Å². The van der Waals surface area contributed by atoms with E-state index in [4.69, 9.17) is 0 Å². The van der Waals surface area contributed by atoms with Gasteiger partial charge in [-0.3, -0.25) is 9.20 Å². The number of ketones is 1. The molecule has 0 spiro atoms. The molecule has 0 unspecified atom stereocenters. The monoisotopic (exact) mass is 189 g/mol. The number of aliphatic carboxylic acids is 1. The summed E-state index contributed by atoms with van der Waals surface area (Å²) in [5, 5.41) is 10.3. The van der Waals surface area contributed by atoms with Crippen molar-refractivity contribution < 1.29 is 14.7 Å². The molecule has 0 bridgehead atoms. The van der Waals surface area contributed by atoms with Crippen molar-refractivity contribution >= 4 is 17.4 Å². The minimum Gasteiger partial charge on any atom is -0.541 e. The van der Waals surface area contributed by atoms with Crippen LogP contribution in [0.3, 0.4) is 0 Å². The molecule has 0 saturated carbocycles. The van der Waals surface area contributed by atoms with Gasteiger partial charge in [0.1, 0.15) is 17.3 Å². The first-order valence-electron chi connectivity index (χ1n) is 3.88. The number of carbonyl (C=O) groups is 2. The topological polar surface area (TPSA) is 74.5 Å². The number of pyridine rings is 1. The predicted octanol–water partition coefficient (Wildman–Crippen LogP) is -0.733. The lowest BCUT2D eigenvalue weighted by molar-refractivity contribution is -0.296. The average molecular weight is 189 g/mol. The van der Waals surface area contributed by atoms with E-state index in [0.717, 1.165) is 0 Å². The molecule has 0 amide bonds. The second-order valence-electron chi connectivity index (χ2n) is 2.69. The molecule has 2 rings (SSSR count). The molecule has 0 radical (unpaired) electrons. The summed E-state index contributed by atoms with van der Waals surface area (Å²) in [6.45, 7) is 0. The van der Waals surface area contributed by atoms with Gasteiger partial charge in [0.2, 0.25) is 5.78 Å². The molecule has 0 aliphatic rings. The van der Waals surface area contributed by atoms with Crippen LogP contribution in [0.2, 0.25) is 0 Å². The van der Waals surface area contributed by atoms with Gasteiger partial charge in [0.05, 0.1) is 6.20 Å². The van der Waals surface area contributed by atoms with Crippen molar-refractivity contribution in [2.75, 3.05) is 0 Å². The first-order valence-corrected chi connectivity index (χ1v) is 3.88. The van der Waals surface area contributed by atoms with Crippen LogP contribution in [0.25, 0.3) is 5.65 Å². The Bertz CT molecular complexity index is 516. The number of aromatic nitrogens is 2. The third-order valence-corrected chi connectivity index (χ3v) is 1.84. The minimum absolute atomic E-state index is 0.000556. The fourth-order valence-electron chi connectivity index (χ4n) is 1.21. The first-order chi connectivity index (χ1) is 6.70. The first kappa shape index (κ1) is 8.43. The normalized spacial score (nSPS) is 10.3. The predicted molar refractivity (Wildman–Crippen MR) is 44.5 cm³/mol. The van der Waals surface area contributed by atoms with Crippen LogP contribution in [0.5, 0.6) is 0 Å². The molecule has 2 aromatic heterocycles. The summed E-state index contributed by atoms with van der Waals surface area (Å²) < 4.78 is 1.40. The van der Waals surface area contributed by atoms with E-state index in [1.165, 1.54) is 10.6 Å².